The first-order chi connectivity index (χ1) is 5.22. The first-order valence-corrected chi connectivity index (χ1v) is 4.53. The topological polar surface area (TPSA) is 20.2 Å². The van der Waals surface area contributed by atoms with E-state index in [1.165, 1.54) is 12.8 Å². The molecule has 0 spiro atoms. The molecule has 0 aliphatic rings. The molecule has 0 aromatic heterocycles. The number of hydrogen-bond donors (Lipinski definition) is 1. The highest BCUT2D eigenvalue weighted by molar-refractivity contribution is 5.02. The summed E-state index contributed by atoms with van der Waals surface area (Å²) in [5, 5.41) is 9.48. The molecule has 0 saturated heterocycles. The zero-order chi connectivity index (χ0) is 8.69. The lowest BCUT2D eigenvalue weighted by Crippen LogP contribution is -2.07. The molecule has 0 radical (unpaired) electrons. The first kappa shape index (κ1) is 10.7. The van der Waals surface area contributed by atoms with E-state index in [-0.39, 0.29) is 6.10 Å². The summed E-state index contributed by atoms with van der Waals surface area (Å²) in [6.45, 7) is 6.13. The van der Waals surface area contributed by atoms with E-state index < -0.39 is 0 Å². The summed E-state index contributed by atoms with van der Waals surface area (Å²) in [6.07, 6.45) is 6.30. The van der Waals surface area contributed by atoms with Gasteiger partial charge < -0.3 is 5.11 Å². The van der Waals surface area contributed by atoms with Gasteiger partial charge in [-0.05, 0) is 25.8 Å². The monoisotopic (exact) mass is 156 g/mol. The summed E-state index contributed by atoms with van der Waals surface area (Å²) in [5.41, 5.74) is 1.10. The van der Waals surface area contributed by atoms with E-state index in [4.69, 9.17) is 0 Å². The molecule has 0 fully saturated rings. The number of rotatable bonds is 5. The third-order valence-electron chi connectivity index (χ3n) is 2.06. The van der Waals surface area contributed by atoms with Gasteiger partial charge in [-0.3, -0.25) is 0 Å². The fourth-order valence-corrected chi connectivity index (χ4v) is 1.01. The summed E-state index contributed by atoms with van der Waals surface area (Å²) in [4.78, 5) is 0. The Hall–Kier alpha value is -0.300. The van der Waals surface area contributed by atoms with Crippen molar-refractivity contribution in [3.63, 3.8) is 0 Å². The van der Waals surface area contributed by atoms with E-state index in [0.29, 0.717) is 0 Å². The maximum absolute atomic E-state index is 9.48. The SMILES string of the molecule is C/C=C(\C)C(O)CCCCC. The van der Waals surface area contributed by atoms with Crippen LogP contribution in [0.25, 0.3) is 0 Å². The maximum Gasteiger partial charge on any atom is 0.0747 e. The zero-order valence-corrected chi connectivity index (χ0v) is 7.93. The van der Waals surface area contributed by atoms with Crippen LogP contribution in [0.2, 0.25) is 0 Å². The van der Waals surface area contributed by atoms with E-state index in [2.05, 4.69) is 6.92 Å². The normalized spacial score (nSPS) is 15.1. The van der Waals surface area contributed by atoms with E-state index in [9.17, 15) is 5.11 Å². The van der Waals surface area contributed by atoms with Gasteiger partial charge in [0.25, 0.3) is 0 Å². The average Bonchev–Trinajstić information content (AvgIpc) is 2.03. The summed E-state index contributed by atoms with van der Waals surface area (Å²) in [6, 6.07) is 0. The van der Waals surface area contributed by atoms with E-state index in [1.807, 2.05) is 19.9 Å². The number of allylic oxidation sites excluding steroid dienone is 1. The number of aliphatic hydroxyl groups excluding tert-OH is 1. The fourth-order valence-electron chi connectivity index (χ4n) is 1.01. The van der Waals surface area contributed by atoms with Gasteiger partial charge in [0, 0.05) is 0 Å². The summed E-state index contributed by atoms with van der Waals surface area (Å²) >= 11 is 0. The zero-order valence-electron chi connectivity index (χ0n) is 7.93. The molecule has 1 nitrogen and oxygen atoms in total. The van der Waals surface area contributed by atoms with Crippen molar-refractivity contribution >= 4 is 0 Å². The van der Waals surface area contributed by atoms with Crippen LogP contribution in [0.1, 0.15) is 46.5 Å². The van der Waals surface area contributed by atoms with Crippen molar-refractivity contribution in [1.29, 1.82) is 0 Å². The van der Waals surface area contributed by atoms with Crippen molar-refractivity contribution in [3.05, 3.63) is 11.6 Å². The lowest BCUT2D eigenvalue weighted by molar-refractivity contribution is 0.196. The second kappa shape index (κ2) is 6.41. The number of hydrogen-bond acceptors (Lipinski definition) is 1. The Bertz CT molecular complexity index is 116. The van der Waals surface area contributed by atoms with Gasteiger partial charge >= 0.3 is 0 Å². The van der Waals surface area contributed by atoms with Crippen LogP contribution in [0.5, 0.6) is 0 Å². The Labute approximate surface area is 70.1 Å². The fraction of sp³-hybridized carbons (Fsp3) is 0.800. The minimum atomic E-state index is -0.202. The van der Waals surface area contributed by atoms with Gasteiger partial charge in [0.1, 0.15) is 0 Å². The molecule has 0 amide bonds. The predicted octanol–water partition coefficient (Wildman–Crippen LogP) is 2.89. The van der Waals surface area contributed by atoms with Crippen LogP contribution in [0, 0.1) is 0 Å². The van der Waals surface area contributed by atoms with Crippen molar-refractivity contribution < 1.29 is 5.11 Å². The molecule has 1 N–H and O–H groups in total. The molecule has 0 aliphatic carbocycles. The molecule has 66 valence electrons. The van der Waals surface area contributed by atoms with Gasteiger partial charge in [0.2, 0.25) is 0 Å². The third-order valence-corrected chi connectivity index (χ3v) is 2.06. The molecular weight excluding hydrogens is 136 g/mol. The highest BCUT2D eigenvalue weighted by Crippen LogP contribution is 2.09. The van der Waals surface area contributed by atoms with Crippen LogP contribution in [0.15, 0.2) is 11.6 Å². The van der Waals surface area contributed by atoms with Crippen LogP contribution < -0.4 is 0 Å². The van der Waals surface area contributed by atoms with Crippen molar-refractivity contribution in [1.82, 2.24) is 0 Å². The quantitative estimate of drug-likeness (QED) is 0.479. The van der Waals surface area contributed by atoms with Crippen LogP contribution >= 0.6 is 0 Å². The molecular formula is C10H20O. The Morgan fingerprint density at radius 1 is 1.45 bits per heavy atom. The molecule has 11 heavy (non-hydrogen) atoms. The Balaban J connectivity index is 3.44. The van der Waals surface area contributed by atoms with E-state index in [0.717, 1.165) is 18.4 Å². The van der Waals surface area contributed by atoms with E-state index in [1.54, 1.807) is 0 Å². The number of aliphatic hydroxyl groups is 1. The highest BCUT2D eigenvalue weighted by atomic mass is 16.3. The van der Waals surface area contributed by atoms with Crippen LogP contribution in [0.3, 0.4) is 0 Å². The Kier molecular flexibility index (Phi) is 6.24. The predicted molar refractivity (Wildman–Crippen MR) is 49.6 cm³/mol. The second-order valence-corrected chi connectivity index (χ2v) is 3.04. The van der Waals surface area contributed by atoms with Gasteiger partial charge in [-0.1, -0.05) is 32.3 Å². The third kappa shape index (κ3) is 5.02. The molecule has 1 heteroatoms. The molecule has 0 aromatic carbocycles. The average molecular weight is 156 g/mol. The van der Waals surface area contributed by atoms with Crippen LogP contribution in [-0.2, 0) is 0 Å². The molecule has 0 aliphatic heterocycles. The van der Waals surface area contributed by atoms with Crippen molar-refractivity contribution in [2.75, 3.05) is 0 Å². The highest BCUT2D eigenvalue weighted by Gasteiger charge is 2.03. The smallest absolute Gasteiger partial charge is 0.0747 e. The molecule has 0 heterocycles. The minimum absolute atomic E-state index is 0.202. The van der Waals surface area contributed by atoms with Crippen LogP contribution in [-0.4, -0.2) is 11.2 Å². The van der Waals surface area contributed by atoms with E-state index >= 15 is 0 Å². The largest absolute Gasteiger partial charge is 0.389 e. The van der Waals surface area contributed by atoms with Gasteiger partial charge in [0.05, 0.1) is 6.10 Å². The molecule has 1 unspecified atom stereocenters. The van der Waals surface area contributed by atoms with Gasteiger partial charge in [0.15, 0.2) is 0 Å². The molecule has 0 rings (SSSR count). The minimum Gasteiger partial charge on any atom is -0.389 e. The molecule has 0 aromatic rings. The van der Waals surface area contributed by atoms with Crippen molar-refractivity contribution in [2.45, 2.75) is 52.6 Å². The lowest BCUT2D eigenvalue weighted by Gasteiger charge is -2.09. The summed E-state index contributed by atoms with van der Waals surface area (Å²) in [7, 11) is 0. The maximum atomic E-state index is 9.48. The lowest BCUT2D eigenvalue weighted by atomic mass is 10.0. The van der Waals surface area contributed by atoms with Crippen molar-refractivity contribution in [2.24, 2.45) is 0 Å². The summed E-state index contributed by atoms with van der Waals surface area (Å²) in [5.74, 6) is 0. The van der Waals surface area contributed by atoms with Gasteiger partial charge in [-0.2, -0.15) is 0 Å². The van der Waals surface area contributed by atoms with Gasteiger partial charge in [-0.25, -0.2) is 0 Å². The Morgan fingerprint density at radius 2 is 2.09 bits per heavy atom. The summed E-state index contributed by atoms with van der Waals surface area (Å²) < 4.78 is 0. The molecule has 0 bridgehead atoms. The number of unbranched alkanes of at least 4 members (excludes halogenated alkanes) is 2. The van der Waals surface area contributed by atoms with Gasteiger partial charge in [-0.15, -0.1) is 0 Å². The van der Waals surface area contributed by atoms with Crippen molar-refractivity contribution in [3.8, 4) is 0 Å². The van der Waals surface area contributed by atoms with Crippen LogP contribution in [0.4, 0.5) is 0 Å². The second-order valence-electron chi connectivity index (χ2n) is 3.04. The Morgan fingerprint density at radius 3 is 2.55 bits per heavy atom. The molecule has 0 saturated carbocycles. The standard InChI is InChI=1S/C10H20O/c1-4-6-7-8-10(11)9(3)5-2/h5,10-11H,4,6-8H2,1-3H3/b9-5+. The first-order valence-electron chi connectivity index (χ1n) is 4.53. The molecule has 1 atom stereocenters.